The molecule has 1 aromatic carbocycles. The van der Waals surface area contributed by atoms with Gasteiger partial charge in [0.1, 0.15) is 11.6 Å². The number of anilines is 2. The molecule has 158 valence electrons. The lowest BCUT2D eigenvalue weighted by Crippen LogP contribution is -2.50. The summed E-state index contributed by atoms with van der Waals surface area (Å²) >= 11 is 0. The first-order chi connectivity index (χ1) is 14.6. The van der Waals surface area contributed by atoms with Crippen LogP contribution in [0.4, 0.5) is 11.5 Å². The zero-order chi connectivity index (χ0) is 20.9. The lowest BCUT2D eigenvalue weighted by molar-refractivity contribution is -0.135. The number of carbonyl (C=O) groups is 2. The van der Waals surface area contributed by atoms with Crippen molar-refractivity contribution >= 4 is 23.3 Å². The van der Waals surface area contributed by atoms with Gasteiger partial charge in [-0.15, -0.1) is 0 Å². The molecule has 2 heterocycles. The molecule has 1 aliphatic heterocycles. The van der Waals surface area contributed by atoms with Gasteiger partial charge in [0.15, 0.2) is 0 Å². The summed E-state index contributed by atoms with van der Waals surface area (Å²) in [6.45, 7) is 3.05. The van der Waals surface area contributed by atoms with E-state index in [4.69, 9.17) is 4.74 Å². The van der Waals surface area contributed by atoms with E-state index in [1.54, 1.807) is 37.6 Å². The molecule has 1 saturated heterocycles. The van der Waals surface area contributed by atoms with E-state index >= 15 is 0 Å². The van der Waals surface area contributed by atoms with Gasteiger partial charge in [0.25, 0.3) is 5.91 Å². The molecule has 2 amide bonds. The van der Waals surface area contributed by atoms with Crippen LogP contribution in [0.2, 0.25) is 0 Å². The first-order valence-corrected chi connectivity index (χ1v) is 10.6. The Morgan fingerprint density at radius 1 is 1.00 bits per heavy atom. The molecule has 1 saturated carbocycles. The number of nitrogens with zero attached hydrogens (tertiary/aromatic N) is 3. The Balaban J connectivity index is 1.30. The van der Waals surface area contributed by atoms with Crippen molar-refractivity contribution in [3.05, 3.63) is 48.2 Å². The summed E-state index contributed by atoms with van der Waals surface area (Å²) in [6, 6.07) is 10.7. The van der Waals surface area contributed by atoms with Crippen LogP contribution in [0, 0.1) is 5.92 Å². The molecule has 7 heteroatoms. The van der Waals surface area contributed by atoms with E-state index in [0.29, 0.717) is 22.9 Å². The van der Waals surface area contributed by atoms with Gasteiger partial charge < -0.3 is 19.9 Å². The molecule has 2 aliphatic rings. The molecule has 1 N–H and O–H groups in total. The quantitative estimate of drug-likeness (QED) is 0.823. The van der Waals surface area contributed by atoms with Gasteiger partial charge in [0.05, 0.1) is 19.0 Å². The number of ether oxygens (including phenoxy) is 1. The topological polar surface area (TPSA) is 74.8 Å². The minimum Gasteiger partial charge on any atom is -0.497 e. The molecule has 2 fully saturated rings. The summed E-state index contributed by atoms with van der Waals surface area (Å²) in [7, 11) is 1.59. The smallest absolute Gasteiger partial charge is 0.255 e. The Morgan fingerprint density at radius 2 is 1.70 bits per heavy atom. The molecule has 0 atom stereocenters. The van der Waals surface area contributed by atoms with Crippen molar-refractivity contribution in [1.29, 1.82) is 0 Å². The fourth-order valence-electron chi connectivity index (χ4n) is 4.18. The van der Waals surface area contributed by atoms with Gasteiger partial charge in [0, 0.05) is 37.7 Å². The van der Waals surface area contributed by atoms with E-state index in [-0.39, 0.29) is 11.8 Å². The van der Waals surface area contributed by atoms with Gasteiger partial charge in [-0.3, -0.25) is 9.59 Å². The highest BCUT2D eigenvalue weighted by atomic mass is 16.5. The Labute approximate surface area is 177 Å². The van der Waals surface area contributed by atoms with Crippen LogP contribution in [-0.2, 0) is 4.79 Å². The minimum absolute atomic E-state index is 0.189. The van der Waals surface area contributed by atoms with Gasteiger partial charge in [-0.1, -0.05) is 12.8 Å². The third-order valence-corrected chi connectivity index (χ3v) is 5.98. The van der Waals surface area contributed by atoms with Crippen LogP contribution in [0.25, 0.3) is 0 Å². The van der Waals surface area contributed by atoms with Crippen molar-refractivity contribution in [2.75, 3.05) is 43.5 Å². The van der Waals surface area contributed by atoms with Crippen LogP contribution < -0.4 is 15.0 Å². The molecule has 30 heavy (non-hydrogen) atoms. The number of rotatable bonds is 5. The lowest BCUT2D eigenvalue weighted by atomic mass is 10.1. The highest BCUT2D eigenvalue weighted by Gasteiger charge is 2.29. The van der Waals surface area contributed by atoms with E-state index in [0.717, 1.165) is 44.8 Å². The number of amides is 2. The van der Waals surface area contributed by atoms with Crippen LogP contribution in [0.5, 0.6) is 5.75 Å². The van der Waals surface area contributed by atoms with Crippen molar-refractivity contribution in [2.24, 2.45) is 5.92 Å². The normalized spacial score (nSPS) is 17.1. The molecule has 0 bridgehead atoms. The summed E-state index contributed by atoms with van der Waals surface area (Å²) < 4.78 is 5.12. The number of pyridine rings is 1. The standard InChI is InChI=1S/C23H28N4O3/c1-30-20-9-6-17(7-10-20)22(28)25-19-8-11-21(24-16-19)26-12-14-27(15-13-26)23(29)18-4-2-3-5-18/h6-11,16,18H,2-5,12-15H2,1H3,(H,25,28). The molecule has 7 nitrogen and oxygen atoms in total. The van der Waals surface area contributed by atoms with E-state index in [2.05, 4.69) is 15.2 Å². The predicted octanol–water partition coefficient (Wildman–Crippen LogP) is 3.18. The maximum atomic E-state index is 12.6. The highest BCUT2D eigenvalue weighted by Crippen LogP contribution is 2.27. The number of piperazine rings is 1. The molecule has 0 radical (unpaired) electrons. The molecule has 1 aliphatic carbocycles. The van der Waals surface area contributed by atoms with Crippen molar-refractivity contribution < 1.29 is 14.3 Å². The second-order valence-electron chi connectivity index (χ2n) is 7.88. The molecular formula is C23H28N4O3. The Kier molecular flexibility index (Phi) is 6.16. The third kappa shape index (κ3) is 4.56. The second-order valence-corrected chi connectivity index (χ2v) is 7.88. The number of methoxy groups -OCH3 is 1. The fourth-order valence-corrected chi connectivity index (χ4v) is 4.18. The summed E-state index contributed by atoms with van der Waals surface area (Å²) in [5.41, 5.74) is 1.21. The zero-order valence-corrected chi connectivity index (χ0v) is 17.3. The molecule has 2 aromatic rings. The van der Waals surface area contributed by atoms with Gasteiger partial charge in [0.2, 0.25) is 5.91 Å². The summed E-state index contributed by atoms with van der Waals surface area (Å²) in [5.74, 6) is 1.96. The van der Waals surface area contributed by atoms with Crippen molar-refractivity contribution in [3.8, 4) is 5.75 Å². The van der Waals surface area contributed by atoms with Crippen molar-refractivity contribution in [2.45, 2.75) is 25.7 Å². The van der Waals surface area contributed by atoms with Crippen LogP contribution in [0.3, 0.4) is 0 Å². The first kappa shape index (κ1) is 20.2. The summed E-state index contributed by atoms with van der Waals surface area (Å²) in [5, 5.41) is 2.87. The van der Waals surface area contributed by atoms with Crippen molar-refractivity contribution in [3.63, 3.8) is 0 Å². The number of benzene rings is 1. The predicted molar refractivity (Wildman–Crippen MR) is 116 cm³/mol. The van der Waals surface area contributed by atoms with Crippen molar-refractivity contribution in [1.82, 2.24) is 9.88 Å². The summed E-state index contributed by atoms with van der Waals surface area (Å²) in [4.78, 5) is 33.7. The molecular weight excluding hydrogens is 380 g/mol. The van der Waals surface area contributed by atoms with E-state index < -0.39 is 0 Å². The highest BCUT2D eigenvalue weighted by molar-refractivity contribution is 6.04. The van der Waals surface area contributed by atoms with Crippen LogP contribution in [-0.4, -0.2) is 55.0 Å². The SMILES string of the molecule is COc1ccc(C(=O)Nc2ccc(N3CCN(C(=O)C4CCCC4)CC3)nc2)cc1. The Hall–Kier alpha value is -3.09. The number of hydrogen-bond donors (Lipinski definition) is 1. The maximum Gasteiger partial charge on any atom is 0.255 e. The van der Waals surface area contributed by atoms with E-state index in [1.165, 1.54) is 12.8 Å². The number of carbonyl (C=O) groups excluding carboxylic acids is 2. The average molecular weight is 409 g/mol. The van der Waals surface area contributed by atoms with E-state index in [9.17, 15) is 9.59 Å². The summed E-state index contributed by atoms with van der Waals surface area (Å²) in [6.07, 6.45) is 6.13. The number of nitrogens with one attached hydrogen (secondary N) is 1. The zero-order valence-electron chi connectivity index (χ0n) is 17.3. The maximum absolute atomic E-state index is 12.6. The molecule has 0 unspecified atom stereocenters. The largest absolute Gasteiger partial charge is 0.497 e. The van der Waals surface area contributed by atoms with Crippen LogP contribution in [0.15, 0.2) is 42.6 Å². The van der Waals surface area contributed by atoms with Crippen LogP contribution in [0.1, 0.15) is 36.0 Å². The molecule has 4 rings (SSSR count). The lowest BCUT2D eigenvalue weighted by Gasteiger charge is -2.36. The van der Waals surface area contributed by atoms with Gasteiger partial charge in [-0.05, 0) is 49.2 Å². The number of aromatic nitrogens is 1. The fraction of sp³-hybridized carbons (Fsp3) is 0.435. The Morgan fingerprint density at radius 3 is 2.30 bits per heavy atom. The van der Waals surface area contributed by atoms with Crippen LogP contribution >= 0.6 is 0 Å². The minimum atomic E-state index is -0.189. The Bertz CT molecular complexity index is 868. The van der Waals surface area contributed by atoms with E-state index in [1.807, 2.05) is 17.0 Å². The van der Waals surface area contributed by atoms with Gasteiger partial charge in [-0.25, -0.2) is 4.98 Å². The monoisotopic (exact) mass is 408 g/mol. The molecule has 1 aromatic heterocycles. The number of hydrogen-bond acceptors (Lipinski definition) is 5. The second kappa shape index (κ2) is 9.15. The third-order valence-electron chi connectivity index (χ3n) is 5.98. The molecule has 0 spiro atoms. The van der Waals surface area contributed by atoms with Gasteiger partial charge >= 0.3 is 0 Å². The first-order valence-electron chi connectivity index (χ1n) is 10.6. The van der Waals surface area contributed by atoms with Gasteiger partial charge in [-0.2, -0.15) is 0 Å². The average Bonchev–Trinajstić information content (AvgIpc) is 3.34.